The van der Waals surface area contributed by atoms with Crippen LogP contribution in [0.4, 0.5) is 0 Å². The fraction of sp³-hybridized carbons (Fsp3) is 0.125. The molecule has 1 aromatic carbocycles. The van der Waals surface area contributed by atoms with E-state index >= 15 is 0 Å². The number of carbonyl (C=O) groups excluding carboxylic acids is 1. The van der Waals surface area contributed by atoms with Crippen LogP contribution in [0.25, 0.3) is 16.3 Å². The van der Waals surface area contributed by atoms with E-state index in [0.29, 0.717) is 24.0 Å². The van der Waals surface area contributed by atoms with Crippen LogP contribution in [0, 0.1) is 6.92 Å². The van der Waals surface area contributed by atoms with Crippen molar-refractivity contribution >= 4 is 22.2 Å². The lowest BCUT2D eigenvalue weighted by atomic mass is 10.1. The molecule has 24 heavy (non-hydrogen) atoms. The molecule has 7 nitrogen and oxygen atoms in total. The molecular formula is C16H13N5O2S. The van der Waals surface area contributed by atoms with Crippen molar-refractivity contribution in [3.05, 3.63) is 59.2 Å². The molecule has 0 radical (unpaired) electrons. The van der Waals surface area contributed by atoms with Gasteiger partial charge in [-0.25, -0.2) is 4.98 Å². The zero-order valence-electron chi connectivity index (χ0n) is 12.8. The lowest BCUT2D eigenvalue weighted by Gasteiger charge is -2.04. The van der Waals surface area contributed by atoms with Crippen molar-refractivity contribution in [3.8, 4) is 11.4 Å². The van der Waals surface area contributed by atoms with Crippen LogP contribution >= 0.6 is 11.3 Å². The predicted octanol–water partition coefficient (Wildman–Crippen LogP) is 2.68. The number of thiazole rings is 1. The van der Waals surface area contributed by atoms with Gasteiger partial charge in [-0.1, -0.05) is 29.4 Å². The number of hydrogen-bond acceptors (Lipinski definition) is 6. The monoisotopic (exact) mass is 339 g/mol. The highest BCUT2D eigenvalue weighted by Gasteiger charge is 2.11. The molecule has 1 N–H and O–H groups in total. The molecule has 3 aromatic heterocycles. The Morgan fingerprint density at radius 2 is 2.12 bits per heavy atom. The first-order valence-corrected chi connectivity index (χ1v) is 8.17. The van der Waals surface area contributed by atoms with Gasteiger partial charge in [0.1, 0.15) is 5.69 Å². The van der Waals surface area contributed by atoms with Crippen molar-refractivity contribution in [3.63, 3.8) is 0 Å². The number of hydrogen-bond donors (Lipinski definition) is 1. The summed E-state index contributed by atoms with van der Waals surface area (Å²) in [6, 6.07) is 7.65. The highest BCUT2D eigenvalue weighted by atomic mass is 32.1. The average Bonchev–Trinajstić information content (AvgIpc) is 3.28. The highest BCUT2D eigenvalue weighted by molar-refractivity contribution is 7.15. The number of carbonyl (C=O) groups is 1. The minimum Gasteiger partial charge on any atom is -0.347 e. The van der Waals surface area contributed by atoms with E-state index in [2.05, 4.69) is 20.4 Å². The minimum absolute atomic E-state index is 0.191. The molecule has 0 spiro atoms. The zero-order chi connectivity index (χ0) is 16.5. The van der Waals surface area contributed by atoms with Crippen molar-refractivity contribution in [1.82, 2.24) is 24.8 Å². The molecule has 3 heterocycles. The Hall–Kier alpha value is -3.00. The van der Waals surface area contributed by atoms with Crippen LogP contribution in [-0.2, 0) is 6.54 Å². The molecular weight excluding hydrogens is 326 g/mol. The largest absolute Gasteiger partial charge is 0.347 e. The first-order chi connectivity index (χ1) is 11.7. The van der Waals surface area contributed by atoms with Crippen LogP contribution in [-0.4, -0.2) is 25.4 Å². The van der Waals surface area contributed by atoms with Gasteiger partial charge in [-0.05, 0) is 5.56 Å². The maximum Gasteiger partial charge on any atom is 0.271 e. The molecule has 0 aliphatic heterocycles. The maximum absolute atomic E-state index is 12.2. The van der Waals surface area contributed by atoms with E-state index < -0.39 is 0 Å². The third-order valence-electron chi connectivity index (χ3n) is 3.52. The number of nitrogens with zero attached hydrogens (tertiary/aromatic N) is 4. The molecule has 0 atom stereocenters. The van der Waals surface area contributed by atoms with Gasteiger partial charge in [-0.2, -0.15) is 4.98 Å². The molecule has 1 amide bonds. The molecule has 0 bridgehead atoms. The number of nitrogens with one attached hydrogen (secondary N) is 1. The Bertz CT molecular complexity index is 971. The number of fused-ring (bicyclic) bond motifs is 1. The van der Waals surface area contributed by atoms with E-state index in [-0.39, 0.29) is 5.91 Å². The van der Waals surface area contributed by atoms with Gasteiger partial charge in [0.2, 0.25) is 11.7 Å². The smallest absolute Gasteiger partial charge is 0.271 e. The molecule has 0 aliphatic carbocycles. The van der Waals surface area contributed by atoms with Crippen LogP contribution in [0.3, 0.4) is 0 Å². The summed E-state index contributed by atoms with van der Waals surface area (Å²) in [5, 5.41) is 8.68. The van der Waals surface area contributed by atoms with Crippen LogP contribution in [0.15, 0.2) is 46.6 Å². The number of rotatable bonds is 4. The van der Waals surface area contributed by atoms with Crippen LogP contribution in [0.1, 0.15) is 21.9 Å². The standard InChI is InChI=1S/C16H13N5O2S/c1-10-18-14(20-23-10)12-4-2-11(3-5-12)8-17-15(22)13-9-21-6-7-24-16(21)19-13/h2-7,9H,8H2,1H3,(H,17,22). The normalized spacial score (nSPS) is 11.0. The van der Waals surface area contributed by atoms with Crippen LogP contribution in [0.2, 0.25) is 0 Å². The van der Waals surface area contributed by atoms with E-state index in [9.17, 15) is 4.79 Å². The topological polar surface area (TPSA) is 85.3 Å². The van der Waals surface area contributed by atoms with E-state index in [4.69, 9.17) is 4.52 Å². The zero-order valence-corrected chi connectivity index (χ0v) is 13.6. The van der Waals surface area contributed by atoms with Crippen molar-refractivity contribution in [2.45, 2.75) is 13.5 Å². The van der Waals surface area contributed by atoms with E-state index in [1.54, 1.807) is 13.1 Å². The predicted molar refractivity (Wildman–Crippen MR) is 88.7 cm³/mol. The lowest BCUT2D eigenvalue weighted by Crippen LogP contribution is -2.23. The molecule has 0 fully saturated rings. The Morgan fingerprint density at radius 3 is 2.83 bits per heavy atom. The SMILES string of the molecule is Cc1nc(-c2ccc(CNC(=O)c3cn4ccsc4n3)cc2)no1. The highest BCUT2D eigenvalue weighted by Crippen LogP contribution is 2.16. The van der Waals surface area contributed by atoms with Gasteiger partial charge in [0, 0.05) is 36.8 Å². The summed E-state index contributed by atoms with van der Waals surface area (Å²) >= 11 is 1.49. The Balaban J connectivity index is 1.42. The van der Waals surface area contributed by atoms with Crippen molar-refractivity contribution in [2.24, 2.45) is 0 Å². The van der Waals surface area contributed by atoms with Crippen molar-refractivity contribution in [2.75, 3.05) is 0 Å². The molecule has 0 saturated heterocycles. The van der Waals surface area contributed by atoms with E-state index in [0.717, 1.165) is 16.1 Å². The Kier molecular flexibility index (Phi) is 3.58. The minimum atomic E-state index is -0.191. The van der Waals surface area contributed by atoms with Gasteiger partial charge >= 0.3 is 0 Å². The van der Waals surface area contributed by atoms with Crippen LogP contribution in [0.5, 0.6) is 0 Å². The van der Waals surface area contributed by atoms with Gasteiger partial charge < -0.3 is 9.84 Å². The van der Waals surface area contributed by atoms with E-state index in [1.165, 1.54) is 11.3 Å². The second-order valence-corrected chi connectivity index (χ2v) is 6.11. The third-order valence-corrected chi connectivity index (χ3v) is 4.29. The summed E-state index contributed by atoms with van der Waals surface area (Å²) in [5.74, 6) is 0.895. The molecule has 120 valence electrons. The molecule has 4 rings (SSSR count). The Morgan fingerprint density at radius 1 is 1.29 bits per heavy atom. The lowest BCUT2D eigenvalue weighted by molar-refractivity contribution is 0.0946. The second kappa shape index (κ2) is 5.89. The van der Waals surface area contributed by atoms with Crippen LogP contribution < -0.4 is 5.32 Å². The van der Waals surface area contributed by atoms with Gasteiger partial charge in [0.25, 0.3) is 5.91 Å². The summed E-state index contributed by atoms with van der Waals surface area (Å²) in [5.41, 5.74) is 2.27. The molecule has 0 aliphatic rings. The summed E-state index contributed by atoms with van der Waals surface area (Å²) in [4.78, 5) is 21.4. The van der Waals surface area contributed by atoms with Crippen molar-refractivity contribution < 1.29 is 9.32 Å². The summed E-state index contributed by atoms with van der Waals surface area (Å²) in [7, 11) is 0. The summed E-state index contributed by atoms with van der Waals surface area (Å²) in [6.45, 7) is 2.18. The van der Waals surface area contributed by atoms with Gasteiger partial charge in [0.15, 0.2) is 4.96 Å². The number of aryl methyl sites for hydroxylation is 1. The second-order valence-electron chi connectivity index (χ2n) is 5.24. The first-order valence-electron chi connectivity index (χ1n) is 7.29. The third kappa shape index (κ3) is 2.79. The van der Waals surface area contributed by atoms with E-state index in [1.807, 2.05) is 40.2 Å². The number of aromatic nitrogens is 4. The fourth-order valence-electron chi connectivity index (χ4n) is 2.30. The maximum atomic E-state index is 12.2. The quantitative estimate of drug-likeness (QED) is 0.618. The molecule has 8 heteroatoms. The van der Waals surface area contributed by atoms with Crippen molar-refractivity contribution in [1.29, 1.82) is 0 Å². The average molecular weight is 339 g/mol. The van der Waals surface area contributed by atoms with Gasteiger partial charge in [-0.15, -0.1) is 11.3 Å². The number of imidazole rings is 1. The molecule has 4 aromatic rings. The van der Waals surface area contributed by atoms with Gasteiger partial charge in [-0.3, -0.25) is 9.20 Å². The van der Waals surface area contributed by atoms with Gasteiger partial charge in [0.05, 0.1) is 0 Å². The Labute approximate surface area is 141 Å². The fourth-order valence-corrected chi connectivity index (χ4v) is 3.00. The number of benzene rings is 1. The molecule has 0 unspecified atom stereocenters. The summed E-state index contributed by atoms with van der Waals surface area (Å²) < 4.78 is 6.80. The summed E-state index contributed by atoms with van der Waals surface area (Å²) in [6.07, 6.45) is 3.60. The number of amides is 1. The first kappa shape index (κ1) is 14.6. The molecule has 0 saturated carbocycles.